The zero-order valence-electron chi connectivity index (χ0n) is 20.2. The Hall–Kier alpha value is -4.66. The summed E-state index contributed by atoms with van der Waals surface area (Å²) in [7, 11) is 0. The van der Waals surface area contributed by atoms with Crippen molar-refractivity contribution in [3.63, 3.8) is 0 Å². The number of imide groups is 1. The Morgan fingerprint density at radius 1 is 0.919 bits per heavy atom. The summed E-state index contributed by atoms with van der Waals surface area (Å²) >= 11 is 0. The van der Waals surface area contributed by atoms with Gasteiger partial charge in [-0.25, -0.2) is 0 Å². The predicted octanol–water partition coefficient (Wildman–Crippen LogP) is 3.67. The summed E-state index contributed by atoms with van der Waals surface area (Å²) in [6, 6.07) is 17.3. The monoisotopic (exact) mass is 499 g/mol. The van der Waals surface area contributed by atoms with E-state index in [0.717, 1.165) is 11.1 Å². The van der Waals surface area contributed by atoms with Crippen molar-refractivity contribution >= 4 is 29.3 Å². The second-order valence-corrected chi connectivity index (χ2v) is 8.88. The van der Waals surface area contributed by atoms with Crippen LogP contribution >= 0.6 is 0 Å². The molecule has 3 aromatic rings. The molecule has 2 N–H and O–H groups in total. The standard InChI is InChI=1S/C28H25N3O6/c1-17-8-10-19-21(13-17)28(35)31(27(19)34)12-4-7-25(32)30-22-6-3-2-5-20(22)26(33)29-15-18-9-11-23-24(14-18)37-16-36-23/h2-3,5-6,8-11,13-14H,4,7,12,15-16H2,1H3,(H,29,33)(H,30,32). The quantitative estimate of drug-likeness (QED) is 0.457. The molecule has 188 valence electrons. The Bertz CT molecular complexity index is 1420. The van der Waals surface area contributed by atoms with E-state index in [1.165, 1.54) is 4.90 Å². The molecule has 37 heavy (non-hydrogen) atoms. The summed E-state index contributed by atoms with van der Waals surface area (Å²) in [5, 5.41) is 5.63. The average Bonchev–Trinajstić information content (AvgIpc) is 3.45. The third kappa shape index (κ3) is 5.02. The van der Waals surface area contributed by atoms with Crippen molar-refractivity contribution in [3.8, 4) is 11.5 Å². The number of fused-ring (bicyclic) bond motifs is 2. The molecular formula is C28H25N3O6. The van der Waals surface area contributed by atoms with E-state index in [9.17, 15) is 19.2 Å². The van der Waals surface area contributed by atoms with Crippen LogP contribution in [0.15, 0.2) is 60.7 Å². The highest BCUT2D eigenvalue weighted by Crippen LogP contribution is 2.32. The van der Waals surface area contributed by atoms with E-state index in [1.54, 1.807) is 48.5 Å². The van der Waals surface area contributed by atoms with Crippen LogP contribution in [0.25, 0.3) is 0 Å². The largest absolute Gasteiger partial charge is 0.454 e. The number of hydrogen-bond donors (Lipinski definition) is 2. The third-order valence-corrected chi connectivity index (χ3v) is 6.25. The maximum atomic E-state index is 12.8. The van der Waals surface area contributed by atoms with Crippen molar-refractivity contribution < 1.29 is 28.7 Å². The number of benzene rings is 3. The van der Waals surface area contributed by atoms with Gasteiger partial charge in [0.2, 0.25) is 12.7 Å². The molecule has 0 unspecified atom stereocenters. The van der Waals surface area contributed by atoms with Crippen LogP contribution in [0.4, 0.5) is 5.69 Å². The summed E-state index contributed by atoms with van der Waals surface area (Å²) in [6.45, 7) is 2.45. The van der Waals surface area contributed by atoms with Crippen LogP contribution in [0.1, 0.15) is 55.0 Å². The van der Waals surface area contributed by atoms with Gasteiger partial charge < -0.3 is 20.1 Å². The highest BCUT2D eigenvalue weighted by atomic mass is 16.7. The summed E-state index contributed by atoms with van der Waals surface area (Å²) in [4.78, 5) is 51.8. The lowest BCUT2D eigenvalue weighted by molar-refractivity contribution is -0.116. The van der Waals surface area contributed by atoms with Gasteiger partial charge in [-0.15, -0.1) is 0 Å². The second-order valence-electron chi connectivity index (χ2n) is 8.88. The van der Waals surface area contributed by atoms with E-state index in [-0.39, 0.29) is 49.9 Å². The molecule has 0 saturated heterocycles. The topological polar surface area (TPSA) is 114 Å². The minimum absolute atomic E-state index is 0.0829. The van der Waals surface area contributed by atoms with E-state index in [2.05, 4.69) is 10.6 Å². The third-order valence-electron chi connectivity index (χ3n) is 6.25. The van der Waals surface area contributed by atoms with Crippen molar-refractivity contribution in [1.29, 1.82) is 0 Å². The lowest BCUT2D eigenvalue weighted by atomic mass is 10.1. The van der Waals surface area contributed by atoms with Crippen LogP contribution < -0.4 is 20.1 Å². The molecule has 9 heteroatoms. The first-order valence-corrected chi connectivity index (χ1v) is 11.9. The van der Waals surface area contributed by atoms with E-state index >= 15 is 0 Å². The second kappa shape index (κ2) is 10.1. The summed E-state index contributed by atoms with van der Waals surface area (Å²) in [6.07, 6.45) is 0.383. The Morgan fingerprint density at radius 2 is 1.70 bits per heavy atom. The van der Waals surface area contributed by atoms with Crippen molar-refractivity contribution in [2.24, 2.45) is 0 Å². The highest BCUT2D eigenvalue weighted by molar-refractivity contribution is 6.21. The number of rotatable bonds is 8. The molecule has 3 aromatic carbocycles. The number of hydrogen-bond acceptors (Lipinski definition) is 6. The van der Waals surface area contributed by atoms with E-state index in [4.69, 9.17) is 9.47 Å². The van der Waals surface area contributed by atoms with Gasteiger partial charge in [0.05, 0.1) is 22.4 Å². The summed E-state index contributed by atoms with van der Waals surface area (Å²) < 4.78 is 10.7. The van der Waals surface area contributed by atoms with Crippen molar-refractivity contribution in [3.05, 3.63) is 88.5 Å². The Labute approximate surface area is 213 Å². The van der Waals surface area contributed by atoms with Gasteiger partial charge in [-0.3, -0.25) is 24.1 Å². The van der Waals surface area contributed by atoms with Crippen LogP contribution in [0.3, 0.4) is 0 Å². The Balaban J connectivity index is 1.15. The van der Waals surface area contributed by atoms with Gasteiger partial charge >= 0.3 is 0 Å². The van der Waals surface area contributed by atoms with Gasteiger partial charge in [-0.05, 0) is 55.3 Å². The van der Waals surface area contributed by atoms with Crippen LogP contribution in [0.2, 0.25) is 0 Å². The fourth-order valence-corrected chi connectivity index (χ4v) is 4.34. The van der Waals surface area contributed by atoms with Crippen molar-refractivity contribution in [2.45, 2.75) is 26.3 Å². The van der Waals surface area contributed by atoms with Crippen LogP contribution in [0.5, 0.6) is 11.5 Å². The number of anilines is 1. The summed E-state index contributed by atoms with van der Waals surface area (Å²) in [5.41, 5.74) is 3.25. The van der Waals surface area contributed by atoms with Crippen LogP contribution in [-0.4, -0.2) is 41.9 Å². The minimum Gasteiger partial charge on any atom is -0.454 e. The first-order chi connectivity index (χ1) is 17.9. The molecule has 0 radical (unpaired) electrons. The maximum Gasteiger partial charge on any atom is 0.261 e. The van der Waals surface area contributed by atoms with Gasteiger partial charge in [-0.2, -0.15) is 0 Å². The van der Waals surface area contributed by atoms with Crippen molar-refractivity contribution in [1.82, 2.24) is 10.2 Å². The summed E-state index contributed by atoms with van der Waals surface area (Å²) in [5.74, 6) is -0.0335. The van der Waals surface area contributed by atoms with Crippen LogP contribution in [-0.2, 0) is 11.3 Å². The first-order valence-electron chi connectivity index (χ1n) is 11.9. The fraction of sp³-hybridized carbons (Fsp3) is 0.214. The van der Waals surface area contributed by atoms with Gasteiger partial charge in [-0.1, -0.05) is 29.8 Å². The Morgan fingerprint density at radius 3 is 2.57 bits per heavy atom. The van der Waals surface area contributed by atoms with Gasteiger partial charge in [0.1, 0.15) is 0 Å². The lowest BCUT2D eigenvalue weighted by Gasteiger charge is -2.14. The SMILES string of the molecule is Cc1ccc2c(c1)C(=O)N(CCCC(=O)Nc1ccccc1C(=O)NCc1ccc3c(c1)OCO3)C2=O. The number of aryl methyl sites for hydroxylation is 1. The van der Waals surface area contributed by atoms with Gasteiger partial charge in [0.15, 0.2) is 11.5 Å². The molecule has 2 aliphatic rings. The number of nitrogens with one attached hydrogen (secondary N) is 2. The van der Waals surface area contributed by atoms with E-state index in [1.807, 2.05) is 19.1 Å². The molecule has 0 spiro atoms. The highest BCUT2D eigenvalue weighted by Gasteiger charge is 2.35. The number of ether oxygens (including phenoxy) is 2. The smallest absolute Gasteiger partial charge is 0.261 e. The molecule has 0 atom stereocenters. The zero-order valence-corrected chi connectivity index (χ0v) is 20.2. The molecule has 0 bridgehead atoms. The molecule has 0 fully saturated rings. The number of nitrogens with zero attached hydrogens (tertiary/aromatic N) is 1. The number of carbonyl (C=O) groups is 4. The van der Waals surface area contributed by atoms with Gasteiger partial charge in [0.25, 0.3) is 17.7 Å². The molecule has 0 aliphatic carbocycles. The molecule has 2 heterocycles. The Kier molecular flexibility index (Phi) is 6.59. The predicted molar refractivity (Wildman–Crippen MR) is 135 cm³/mol. The van der Waals surface area contributed by atoms with E-state index < -0.39 is 0 Å². The van der Waals surface area contributed by atoms with Crippen LogP contribution in [0, 0.1) is 6.92 Å². The molecule has 0 aromatic heterocycles. The van der Waals surface area contributed by atoms with E-state index in [0.29, 0.717) is 40.3 Å². The normalized spacial score (nSPS) is 13.5. The first kappa shape index (κ1) is 24.1. The van der Waals surface area contributed by atoms with Crippen molar-refractivity contribution in [2.75, 3.05) is 18.7 Å². The average molecular weight is 500 g/mol. The fourth-order valence-electron chi connectivity index (χ4n) is 4.34. The molecule has 4 amide bonds. The lowest BCUT2D eigenvalue weighted by Crippen LogP contribution is -2.31. The zero-order chi connectivity index (χ0) is 25.9. The van der Waals surface area contributed by atoms with Gasteiger partial charge in [0, 0.05) is 19.5 Å². The molecular weight excluding hydrogens is 474 g/mol. The number of para-hydroxylation sites is 1. The minimum atomic E-state index is -0.343. The molecule has 2 aliphatic heterocycles. The number of carbonyl (C=O) groups excluding carboxylic acids is 4. The molecule has 0 saturated carbocycles. The maximum absolute atomic E-state index is 12.8. The molecule has 9 nitrogen and oxygen atoms in total. The number of amides is 4. The molecule has 5 rings (SSSR count).